The molecule has 0 spiro atoms. The van der Waals surface area contributed by atoms with Crippen molar-refractivity contribution >= 4 is 5.91 Å². The van der Waals surface area contributed by atoms with E-state index in [4.69, 9.17) is 4.74 Å². The zero-order valence-corrected chi connectivity index (χ0v) is 11.2. The van der Waals surface area contributed by atoms with Crippen molar-refractivity contribution in [1.82, 2.24) is 20.4 Å². The maximum absolute atomic E-state index is 12.6. The maximum atomic E-state index is 12.6. The van der Waals surface area contributed by atoms with Crippen LogP contribution in [0.1, 0.15) is 24.6 Å². The first-order valence-corrected chi connectivity index (χ1v) is 6.90. The molecule has 6 nitrogen and oxygen atoms in total. The molecule has 0 radical (unpaired) electrons. The number of amides is 1. The number of carbonyl (C=O) groups excluding carboxylic acids is 1. The third-order valence-corrected chi connectivity index (χ3v) is 3.92. The molecule has 1 saturated heterocycles. The van der Waals surface area contributed by atoms with Crippen LogP contribution >= 0.6 is 0 Å². The van der Waals surface area contributed by atoms with Crippen LogP contribution in [0.4, 0.5) is 0 Å². The number of aromatic nitrogens is 2. The number of nitrogens with one attached hydrogen (secondary N) is 2. The second kappa shape index (κ2) is 5.30. The Bertz CT molecular complexity index is 459. The minimum absolute atomic E-state index is 0.0617. The molecule has 0 saturated carbocycles. The van der Waals surface area contributed by atoms with E-state index in [1.54, 1.807) is 0 Å². The van der Waals surface area contributed by atoms with Crippen LogP contribution < -0.4 is 5.32 Å². The van der Waals surface area contributed by atoms with Crippen LogP contribution in [0.3, 0.4) is 0 Å². The molecular formula is C13H20N4O2. The molecule has 1 aromatic rings. The van der Waals surface area contributed by atoms with Gasteiger partial charge in [-0.2, -0.15) is 5.10 Å². The summed E-state index contributed by atoms with van der Waals surface area (Å²) in [5, 5.41) is 10.3. The quantitative estimate of drug-likeness (QED) is 0.752. The first kappa shape index (κ1) is 12.6. The van der Waals surface area contributed by atoms with Crippen molar-refractivity contribution in [3.63, 3.8) is 0 Å². The van der Waals surface area contributed by atoms with Gasteiger partial charge in [0, 0.05) is 30.9 Å². The second-order valence-corrected chi connectivity index (χ2v) is 5.24. The van der Waals surface area contributed by atoms with Crippen molar-refractivity contribution < 1.29 is 9.53 Å². The molecule has 2 aliphatic rings. The van der Waals surface area contributed by atoms with E-state index in [2.05, 4.69) is 15.5 Å². The standard InChI is InChI=1S/C13H20N4O2/c1-9-12(14-4-6-19-9)13(18)17-5-2-3-11-10(8-17)7-15-16-11/h7,9,12,14H,2-6,8H2,1H3,(H,15,16)/t9-,12+/m1/s1. The second-order valence-electron chi connectivity index (χ2n) is 5.24. The minimum atomic E-state index is -0.220. The van der Waals surface area contributed by atoms with Gasteiger partial charge in [-0.1, -0.05) is 0 Å². The SMILES string of the molecule is C[C@H]1OCCN[C@@H]1C(=O)N1CCCc2[nH]ncc2C1. The molecule has 1 aromatic heterocycles. The van der Waals surface area contributed by atoms with Crippen LogP contribution in [0.2, 0.25) is 0 Å². The lowest BCUT2D eigenvalue weighted by atomic mass is 10.1. The number of hydrogen-bond donors (Lipinski definition) is 2. The van der Waals surface area contributed by atoms with E-state index >= 15 is 0 Å². The third kappa shape index (κ3) is 2.50. The fourth-order valence-electron chi connectivity index (χ4n) is 2.82. The molecule has 2 aliphatic heterocycles. The maximum Gasteiger partial charge on any atom is 0.242 e. The van der Waals surface area contributed by atoms with Crippen LogP contribution in [0.25, 0.3) is 0 Å². The highest BCUT2D eigenvalue weighted by Gasteiger charge is 2.32. The summed E-state index contributed by atoms with van der Waals surface area (Å²) >= 11 is 0. The summed E-state index contributed by atoms with van der Waals surface area (Å²) in [4.78, 5) is 14.5. The summed E-state index contributed by atoms with van der Waals surface area (Å²) in [6, 6.07) is -0.220. The smallest absolute Gasteiger partial charge is 0.242 e. The third-order valence-electron chi connectivity index (χ3n) is 3.92. The molecule has 1 fully saturated rings. The lowest BCUT2D eigenvalue weighted by Crippen LogP contribution is -2.56. The molecule has 3 heterocycles. The molecule has 0 unspecified atom stereocenters. The topological polar surface area (TPSA) is 70.2 Å². The Hall–Kier alpha value is -1.40. The predicted octanol–water partition coefficient (Wildman–Crippen LogP) is 0.0614. The van der Waals surface area contributed by atoms with Crippen molar-refractivity contribution in [2.24, 2.45) is 0 Å². The molecule has 3 rings (SSSR count). The summed E-state index contributed by atoms with van der Waals surface area (Å²) in [5.74, 6) is 0.140. The van der Waals surface area contributed by atoms with Crippen LogP contribution in [0, 0.1) is 0 Å². The molecule has 0 aliphatic carbocycles. The molecule has 104 valence electrons. The van der Waals surface area contributed by atoms with Gasteiger partial charge in [-0.15, -0.1) is 0 Å². The van der Waals surface area contributed by atoms with Gasteiger partial charge in [-0.05, 0) is 19.8 Å². The first-order valence-electron chi connectivity index (χ1n) is 6.90. The first-order chi connectivity index (χ1) is 9.25. The number of morpholine rings is 1. The molecule has 1 amide bonds. The Labute approximate surface area is 112 Å². The number of ether oxygens (including phenoxy) is 1. The Balaban J connectivity index is 1.73. The Morgan fingerprint density at radius 3 is 3.32 bits per heavy atom. The lowest BCUT2D eigenvalue weighted by Gasteiger charge is -2.33. The number of carbonyl (C=O) groups is 1. The van der Waals surface area contributed by atoms with Gasteiger partial charge in [-0.3, -0.25) is 9.89 Å². The van der Waals surface area contributed by atoms with E-state index in [1.807, 2.05) is 18.0 Å². The fourth-order valence-corrected chi connectivity index (χ4v) is 2.82. The van der Waals surface area contributed by atoms with Crippen molar-refractivity contribution in [3.05, 3.63) is 17.5 Å². The van der Waals surface area contributed by atoms with E-state index in [9.17, 15) is 4.79 Å². The van der Waals surface area contributed by atoms with E-state index in [0.29, 0.717) is 13.2 Å². The van der Waals surface area contributed by atoms with Crippen molar-refractivity contribution in [2.45, 2.75) is 38.5 Å². The lowest BCUT2D eigenvalue weighted by molar-refractivity contribution is -0.140. The van der Waals surface area contributed by atoms with Gasteiger partial charge >= 0.3 is 0 Å². The van der Waals surface area contributed by atoms with Crippen molar-refractivity contribution in [1.29, 1.82) is 0 Å². The predicted molar refractivity (Wildman–Crippen MR) is 69.5 cm³/mol. The number of fused-ring (bicyclic) bond motifs is 1. The minimum Gasteiger partial charge on any atom is -0.375 e. The molecule has 0 bridgehead atoms. The number of nitrogens with zero attached hydrogens (tertiary/aromatic N) is 2. The summed E-state index contributed by atoms with van der Waals surface area (Å²) in [6.45, 7) is 4.82. The zero-order chi connectivity index (χ0) is 13.2. The Morgan fingerprint density at radius 2 is 2.47 bits per heavy atom. The molecule has 2 N–H and O–H groups in total. The number of aryl methyl sites for hydroxylation is 1. The van der Waals surface area contributed by atoms with Gasteiger partial charge in [-0.25, -0.2) is 0 Å². The van der Waals surface area contributed by atoms with Gasteiger partial charge in [0.05, 0.1) is 18.9 Å². The van der Waals surface area contributed by atoms with Crippen molar-refractivity contribution in [3.8, 4) is 0 Å². The van der Waals surface area contributed by atoms with Crippen LogP contribution in [0.15, 0.2) is 6.20 Å². The molecule has 2 atom stereocenters. The summed E-state index contributed by atoms with van der Waals surface area (Å²) in [6.07, 6.45) is 3.70. The van der Waals surface area contributed by atoms with Crippen molar-refractivity contribution in [2.75, 3.05) is 19.7 Å². The van der Waals surface area contributed by atoms with Gasteiger partial charge in [0.2, 0.25) is 5.91 Å². The van der Waals surface area contributed by atoms with E-state index in [-0.39, 0.29) is 18.1 Å². The number of hydrogen-bond acceptors (Lipinski definition) is 4. The van der Waals surface area contributed by atoms with Gasteiger partial charge in [0.1, 0.15) is 6.04 Å². The van der Waals surface area contributed by atoms with E-state index in [0.717, 1.165) is 37.2 Å². The Kier molecular flexibility index (Phi) is 3.52. The van der Waals surface area contributed by atoms with E-state index < -0.39 is 0 Å². The average Bonchev–Trinajstić information content (AvgIpc) is 2.76. The average molecular weight is 264 g/mol. The molecule has 6 heteroatoms. The van der Waals surface area contributed by atoms with Gasteiger partial charge in [0.25, 0.3) is 0 Å². The molecule has 19 heavy (non-hydrogen) atoms. The molecular weight excluding hydrogens is 244 g/mol. The highest BCUT2D eigenvalue weighted by Crippen LogP contribution is 2.18. The normalized spacial score (nSPS) is 27.7. The van der Waals surface area contributed by atoms with E-state index in [1.165, 1.54) is 0 Å². The van der Waals surface area contributed by atoms with Gasteiger partial charge in [0.15, 0.2) is 0 Å². The number of H-pyrrole nitrogens is 1. The largest absolute Gasteiger partial charge is 0.375 e. The monoisotopic (exact) mass is 264 g/mol. The highest BCUT2D eigenvalue weighted by atomic mass is 16.5. The number of aromatic amines is 1. The number of rotatable bonds is 1. The summed E-state index contributed by atoms with van der Waals surface area (Å²) in [7, 11) is 0. The summed E-state index contributed by atoms with van der Waals surface area (Å²) in [5.41, 5.74) is 2.30. The Morgan fingerprint density at radius 1 is 1.58 bits per heavy atom. The van der Waals surface area contributed by atoms with Crippen LogP contribution in [-0.2, 0) is 22.5 Å². The van der Waals surface area contributed by atoms with Crippen LogP contribution in [-0.4, -0.2) is 52.8 Å². The van der Waals surface area contributed by atoms with Crippen LogP contribution in [0.5, 0.6) is 0 Å². The summed E-state index contributed by atoms with van der Waals surface area (Å²) < 4.78 is 5.56. The zero-order valence-electron chi connectivity index (χ0n) is 11.2. The fraction of sp³-hybridized carbons (Fsp3) is 0.692. The highest BCUT2D eigenvalue weighted by molar-refractivity contribution is 5.82. The van der Waals surface area contributed by atoms with Gasteiger partial charge < -0.3 is 15.0 Å². The molecule has 0 aromatic carbocycles.